The van der Waals surface area contributed by atoms with Gasteiger partial charge >= 0.3 is 203 Å². The minimum Gasteiger partial charge on any atom is -0.0602 e. The minimum absolute atomic E-state index is 0.344. The Hall–Kier alpha value is -5.86. The molecule has 0 aliphatic heterocycles. The first kappa shape index (κ1) is 28.2. The van der Waals surface area contributed by atoms with E-state index in [0.717, 1.165) is 17.1 Å². The number of para-hydroxylation sites is 2. The van der Waals surface area contributed by atoms with Gasteiger partial charge in [0.05, 0.1) is 5.52 Å². The molecule has 0 atom stereocenters. The van der Waals surface area contributed by atoms with Crippen LogP contribution in [-0.4, -0.2) is 19.1 Å². The second kappa shape index (κ2) is 11.4. The van der Waals surface area contributed by atoms with Gasteiger partial charge in [-0.2, -0.15) is 0 Å². The van der Waals surface area contributed by atoms with E-state index in [9.17, 15) is 0 Å². The first-order valence-corrected chi connectivity index (χ1v) is 18.4. The summed E-state index contributed by atoms with van der Waals surface area (Å²) >= 11 is 0.344. The van der Waals surface area contributed by atoms with Crippen LogP contribution in [0.3, 0.4) is 0 Å². The van der Waals surface area contributed by atoms with Gasteiger partial charge in [0.25, 0.3) is 0 Å². The predicted molar refractivity (Wildman–Crippen MR) is 210 cm³/mol. The average Bonchev–Trinajstić information content (AvgIpc) is 3.71. The van der Waals surface area contributed by atoms with Gasteiger partial charge in [-0.25, -0.2) is 0 Å². The van der Waals surface area contributed by atoms with E-state index in [0.29, 0.717) is 14.5 Å². The van der Waals surface area contributed by atoms with Crippen molar-refractivity contribution in [2.24, 2.45) is 0 Å². The van der Waals surface area contributed by atoms with E-state index in [1.807, 2.05) is 0 Å². The van der Waals surface area contributed by atoms with E-state index in [1.54, 1.807) is 0 Å². The van der Waals surface area contributed by atoms with Crippen molar-refractivity contribution >= 4 is 83.4 Å². The fourth-order valence-electron chi connectivity index (χ4n) is 7.43. The van der Waals surface area contributed by atoms with Crippen LogP contribution in [0.25, 0.3) is 68.7 Å². The van der Waals surface area contributed by atoms with Gasteiger partial charge in [0.2, 0.25) is 0 Å². The Balaban J connectivity index is 1.12. The summed E-state index contributed by atoms with van der Waals surface area (Å²) in [6, 6.07) is 66.6. The summed E-state index contributed by atoms with van der Waals surface area (Å²) in [7, 11) is 0. The molecule has 0 saturated heterocycles. The van der Waals surface area contributed by atoms with Crippen molar-refractivity contribution in [1.82, 2.24) is 4.57 Å². The monoisotopic (exact) mass is 690 g/mol. The first-order chi connectivity index (χ1) is 24.3. The summed E-state index contributed by atoms with van der Waals surface area (Å²) in [4.78, 5) is 2.40. The normalized spacial score (nSPS) is 11.7. The zero-order chi connectivity index (χ0) is 32.3. The molecule has 2 nitrogen and oxygen atoms in total. The standard InChI is InChI=1S/C46H30N2Se/c1-2-12-35(13-3-1)48-43-16-8-6-14-39(43)42-30-38(25-27-44(42)48)47(37-24-20-31-10-4-5-11-33(31)28-37)36-22-18-32(19-23-36)34-21-26-41-40-15-7-9-17-45(40)49-46(41)29-34/h1-30H. The SMILES string of the molecule is c1ccc(-n2c3ccccc3c3cc(N(c4ccc(-c5ccc6c(c5)[se]c5ccccc56)cc4)c4ccc5ccccc5c4)ccc32)cc1. The number of anilines is 3. The summed E-state index contributed by atoms with van der Waals surface area (Å²) < 4.78 is 5.32. The molecular weight excluding hydrogens is 659 g/mol. The van der Waals surface area contributed by atoms with Crippen molar-refractivity contribution in [3.05, 3.63) is 182 Å². The summed E-state index contributed by atoms with van der Waals surface area (Å²) in [5, 5.41) is 7.74. The van der Waals surface area contributed by atoms with Crippen molar-refractivity contribution in [2.45, 2.75) is 0 Å². The number of benzene rings is 8. The van der Waals surface area contributed by atoms with Gasteiger partial charge in [0.15, 0.2) is 0 Å². The Labute approximate surface area is 290 Å². The molecule has 0 aliphatic rings. The maximum absolute atomic E-state index is 2.40. The van der Waals surface area contributed by atoms with E-state index in [1.165, 1.54) is 68.7 Å². The van der Waals surface area contributed by atoms with Crippen LogP contribution in [0.4, 0.5) is 17.1 Å². The van der Waals surface area contributed by atoms with E-state index in [4.69, 9.17) is 0 Å². The Morgan fingerprint density at radius 2 is 1.00 bits per heavy atom. The third-order valence-electron chi connectivity index (χ3n) is 9.76. The van der Waals surface area contributed by atoms with Crippen LogP contribution in [0.2, 0.25) is 0 Å². The minimum atomic E-state index is 0.344. The van der Waals surface area contributed by atoms with Crippen molar-refractivity contribution in [1.29, 1.82) is 0 Å². The molecule has 2 aromatic heterocycles. The first-order valence-electron chi connectivity index (χ1n) is 16.7. The van der Waals surface area contributed by atoms with Crippen LogP contribution in [0.15, 0.2) is 182 Å². The van der Waals surface area contributed by atoms with Gasteiger partial charge in [0, 0.05) is 5.69 Å². The third kappa shape index (κ3) is 4.70. The predicted octanol–water partition coefficient (Wildman–Crippen LogP) is 12.4. The number of fused-ring (bicyclic) bond motifs is 7. The number of rotatable bonds is 5. The average molecular weight is 690 g/mol. The van der Waals surface area contributed by atoms with E-state index in [-0.39, 0.29) is 0 Å². The van der Waals surface area contributed by atoms with Crippen molar-refractivity contribution < 1.29 is 0 Å². The van der Waals surface area contributed by atoms with Gasteiger partial charge in [-0.1, -0.05) is 54.6 Å². The molecule has 230 valence electrons. The summed E-state index contributed by atoms with van der Waals surface area (Å²) in [6.45, 7) is 0. The molecule has 0 spiro atoms. The van der Waals surface area contributed by atoms with Gasteiger partial charge < -0.3 is 4.57 Å². The molecule has 10 aromatic rings. The summed E-state index contributed by atoms with van der Waals surface area (Å²) in [5.74, 6) is 0. The van der Waals surface area contributed by atoms with Crippen molar-refractivity contribution in [3.8, 4) is 16.8 Å². The van der Waals surface area contributed by atoms with E-state index >= 15 is 0 Å². The second-order valence-corrected chi connectivity index (χ2v) is 14.9. The van der Waals surface area contributed by atoms with E-state index in [2.05, 4.69) is 191 Å². The van der Waals surface area contributed by atoms with Crippen molar-refractivity contribution in [2.75, 3.05) is 4.90 Å². The molecule has 49 heavy (non-hydrogen) atoms. The fraction of sp³-hybridized carbons (Fsp3) is 0. The molecule has 0 radical (unpaired) electrons. The molecule has 0 N–H and O–H groups in total. The molecule has 0 aliphatic carbocycles. The van der Waals surface area contributed by atoms with Crippen LogP contribution < -0.4 is 4.90 Å². The molecule has 3 heteroatoms. The smallest absolute Gasteiger partial charge is 0.0602 e. The molecule has 0 fully saturated rings. The van der Waals surface area contributed by atoms with Crippen LogP contribution in [-0.2, 0) is 0 Å². The Kier molecular flexibility index (Phi) is 6.55. The molecule has 2 heterocycles. The van der Waals surface area contributed by atoms with Crippen molar-refractivity contribution in [3.63, 3.8) is 0 Å². The van der Waals surface area contributed by atoms with Gasteiger partial charge in [0.1, 0.15) is 0 Å². The topological polar surface area (TPSA) is 8.17 Å². The Morgan fingerprint density at radius 1 is 0.367 bits per heavy atom. The molecule has 0 amide bonds. The zero-order valence-corrected chi connectivity index (χ0v) is 28.3. The molecule has 0 bridgehead atoms. The van der Waals surface area contributed by atoms with Crippen LogP contribution >= 0.6 is 0 Å². The fourth-order valence-corrected chi connectivity index (χ4v) is 9.83. The second-order valence-electron chi connectivity index (χ2n) is 12.6. The number of hydrogen-bond acceptors (Lipinski definition) is 1. The quantitative estimate of drug-likeness (QED) is 0.163. The molecule has 0 saturated carbocycles. The Morgan fingerprint density at radius 3 is 1.88 bits per heavy atom. The molecule has 10 rings (SSSR count). The molecule has 8 aromatic carbocycles. The summed E-state index contributed by atoms with van der Waals surface area (Å²) in [5.41, 5.74) is 9.47. The third-order valence-corrected chi connectivity index (χ3v) is 12.1. The Bertz CT molecular complexity index is 2830. The molecular formula is C46H30N2Se. The van der Waals surface area contributed by atoms with Crippen LogP contribution in [0.5, 0.6) is 0 Å². The number of nitrogens with zero attached hydrogens (tertiary/aromatic N) is 2. The molecule has 0 unspecified atom stereocenters. The zero-order valence-electron chi connectivity index (χ0n) is 26.6. The number of hydrogen-bond donors (Lipinski definition) is 0. The van der Waals surface area contributed by atoms with Gasteiger partial charge in [-0.3, -0.25) is 0 Å². The van der Waals surface area contributed by atoms with Gasteiger partial charge in [-0.15, -0.1) is 0 Å². The van der Waals surface area contributed by atoms with Crippen LogP contribution in [0, 0.1) is 0 Å². The maximum atomic E-state index is 2.40. The van der Waals surface area contributed by atoms with Gasteiger partial charge in [-0.05, 0) is 18.2 Å². The van der Waals surface area contributed by atoms with Crippen LogP contribution in [0.1, 0.15) is 0 Å². The van der Waals surface area contributed by atoms with E-state index < -0.39 is 0 Å². The number of aromatic nitrogens is 1. The summed E-state index contributed by atoms with van der Waals surface area (Å²) in [6.07, 6.45) is 0.